The van der Waals surface area contributed by atoms with Crippen LogP contribution in [0.2, 0.25) is 0 Å². The molecule has 0 aliphatic heterocycles. The van der Waals surface area contributed by atoms with Crippen molar-refractivity contribution >= 4 is 23.8 Å². The Kier molecular flexibility index (Phi) is 6.08. The zero-order valence-corrected chi connectivity index (χ0v) is 13.2. The quantitative estimate of drug-likeness (QED) is 0.335. The molecule has 0 saturated carbocycles. The predicted molar refractivity (Wildman–Crippen MR) is 90.6 cm³/mol. The molecule has 0 atom stereocenters. The first kappa shape index (κ1) is 17.2. The Hall–Kier alpha value is -3.15. The van der Waals surface area contributed by atoms with Crippen molar-refractivity contribution in [1.82, 2.24) is 0 Å². The zero-order chi connectivity index (χ0) is 17.4. The van der Waals surface area contributed by atoms with E-state index in [0.717, 1.165) is 11.1 Å². The molecule has 0 aliphatic carbocycles. The van der Waals surface area contributed by atoms with Gasteiger partial charge in [0, 0.05) is 12.1 Å². The third kappa shape index (κ3) is 5.24. The van der Waals surface area contributed by atoms with Crippen molar-refractivity contribution in [3.05, 3.63) is 69.8 Å². The summed E-state index contributed by atoms with van der Waals surface area (Å²) >= 11 is 0. The van der Waals surface area contributed by atoms with Crippen molar-refractivity contribution in [3.63, 3.8) is 0 Å². The van der Waals surface area contributed by atoms with Crippen LogP contribution in [0.3, 0.4) is 0 Å². The van der Waals surface area contributed by atoms with Gasteiger partial charge in [0.15, 0.2) is 6.61 Å². The van der Waals surface area contributed by atoms with Crippen molar-refractivity contribution in [2.45, 2.75) is 6.92 Å². The standard InChI is InChI=1S/C18H17NO5/c1-2-23-18(20)13-24-17-11-7-15(8-12-17)4-3-14-5-9-16(10-6-14)19(21)22/h3-12H,2,13H2,1H3/b4-3-. The monoisotopic (exact) mass is 327 g/mol. The van der Waals surface area contributed by atoms with Gasteiger partial charge < -0.3 is 9.47 Å². The lowest BCUT2D eigenvalue weighted by Gasteiger charge is -2.05. The number of benzene rings is 2. The molecule has 6 nitrogen and oxygen atoms in total. The topological polar surface area (TPSA) is 78.7 Å². The van der Waals surface area contributed by atoms with Gasteiger partial charge in [0.2, 0.25) is 0 Å². The van der Waals surface area contributed by atoms with Gasteiger partial charge in [-0.15, -0.1) is 0 Å². The van der Waals surface area contributed by atoms with E-state index >= 15 is 0 Å². The number of non-ortho nitro benzene ring substituents is 1. The first-order chi connectivity index (χ1) is 11.6. The van der Waals surface area contributed by atoms with E-state index in [1.165, 1.54) is 12.1 Å². The Morgan fingerprint density at radius 3 is 2.08 bits per heavy atom. The van der Waals surface area contributed by atoms with Crippen LogP contribution in [0.5, 0.6) is 5.75 Å². The molecular formula is C18H17NO5. The molecule has 0 aromatic heterocycles. The fourth-order valence-electron chi connectivity index (χ4n) is 1.92. The Bertz CT molecular complexity index is 720. The van der Waals surface area contributed by atoms with E-state index in [1.54, 1.807) is 31.2 Å². The van der Waals surface area contributed by atoms with E-state index in [2.05, 4.69) is 0 Å². The Balaban J connectivity index is 1.93. The van der Waals surface area contributed by atoms with Gasteiger partial charge >= 0.3 is 5.97 Å². The summed E-state index contributed by atoms with van der Waals surface area (Å²) in [6.07, 6.45) is 3.74. The Morgan fingerprint density at radius 1 is 1.04 bits per heavy atom. The van der Waals surface area contributed by atoms with Gasteiger partial charge in [-0.05, 0) is 42.3 Å². The zero-order valence-electron chi connectivity index (χ0n) is 13.2. The van der Waals surface area contributed by atoms with E-state index in [9.17, 15) is 14.9 Å². The molecule has 0 bridgehead atoms. The van der Waals surface area contributed by atoms with Crippen LogP contribution in [0.25, 0.3) is 12.2 Å². The van der Waals surface area contributed by atoms with Gasteiger partial charge in [-0.25, -0.2) is 4.79 Å². The smallest absolute Gasteiger partial charge is 0.344 e. The van der Waals surface area contributed by atoms with Crippen LogP contribution in [0.15, 0.2) is 48.5 Å². The number of hydrogen-bond acceptors (Lipinski definition) is 5. The normalized spacial score (nSPS) is 10.5. The van der Waals surface area contributed by atoms with Crippen LogP contribution in [-0.4, -0.2) is 24.1 Å². The first-order valence-corrected chi connectivity index (χ1v) is 7.39. The summed E-state index contributed by atoms with van der Waals surface area (Å²) < 4.78 is 10.1. The van der Waals surface area contributed by atoms with Crippen molar-refractivity contribution in [3.8, 4) is 5.75 Å². The van der Waals surface area contributed by atoms with Gasteiger partial charge in [0.05, 0.1) is 11.5 Å². The highest BCUT2D eigenvalue weighted by atomic mass is 16.6. The summed E-state index contributed by atoms with van der Waals surface area (Å²) in [6.45, 7) is 1.95. The molecule has 0 amide bonds. The molecule has 0 radical (unpaired) electrons. The minimum Gasteiger partial charge on any atom is -0.482 e. The average molecular weight is 327 g/mol. The number of hydrogen-bond donors (Lipinski definition) is 0. The van der Waals surface area contributed by atoms with Gasteiger partial charge in [-0.2, -0.15) is 0 Å². The van der Waals surface area contributed by atoms with Crippen LogP contribution in [-0.2, 0) is 9.53 Å². The fraction of sp³-hybridized carbons (Fsp3) is 0.167. The van der Waals surface area contributed by atoms with Crippen LogP contribution in [0, 0.1) is 10.1 Å². The van der Waals surface area contributed by atoms with E-state index in [4.69, 9.17) is 9.47 Å². The molecular weight excluding hydrogens is 310 g/mol. The second-order valence-corrected chi connectivity index (χ2v) is 4.84. The molecule has 2 aromatic carbocycles. The van der Waals surface area contributed by atoms with Crippen LogP contribution in [0.4, 0.5) is 5.69 Å². The van der Waals surface area contributed by atoms with Crippen LogP contribution < -0.4 is 4.74 Å². The number of carbonyl (C=O) groups is 1. The van der Waals surface area contributed by atoms with Crippen LogP contribution >= 0.6 is 0 Å². The fourth-order valence-corrected chi connectivity index (χ4v) is 1.92. The second kappa shape index (κ2) is 8.47. The summed E-state index contributed by atoms with van der Waals surface area (Å²) in [5, 5.41) is 10.6. The number of nitro groups is 1. The molecule has 124 valence electrons. The summed E-state index contributed by atoms with van der Waals surface area (Å²) in [6, 6.07) is 13.5. The van der Waals surface area contributed by atoms with Crippen molar-refractivity contribution in [2.75, 3.05) is 13.2 Å². The summed E-state index contributed by atoms with van der Waals surface area (Å²) in [4.78, 5) is 21.4. The van der Waals surface area contributed by atoms with Gasteiger partial charge in [-0.1, -0.05) is 24.3 Å². The molecule has 2 aromatic rings. The molecule has 0 unspecified atom stereocenters. The SMILES string of the molecule is CCOC(=O)COc1ccc(/C=C\c2ccc([N+](=O)[O-])cc2)cc1. The lowest BCUT2D eigenvalue weighted by Crippen LogP contribution is -2.14. The molecule has 2 rings (SSSR count). The largest absolute Gasteiger partial charge is 0.482 e. The molecule has 0 N–H and O–H groups in total. The molecule has 24 heavy (non-hydrogen) atoms. The Morgan fingerprint density at radius 2 is 1.58 bits per heavy atom. The Labute approximate surface area is 139 Å². The third-order valence-corrected chi connectivity index (χ3v) is 3.11. The van der Waals surface area contributed by atoms with E-state index < -0.39 is 10.9 Å². The number of nitro benzene ring substituents is 1. The lowest BCUT2D eigenvalue weighted by molar-refractivity contribution is -0.384. The van der Waals surface area contributed by atoms with Gasteiger partial charge in [-0.3, -0.25) is 10.1 Å². The van der Waals surface area contributed by atoms with Crippen molar-refractivity contribution < 1.29 is 19.2 Å². The molecule has 0 spiro atoms. The van der Waals surface area contributed by atoms with E-state index in [0.29, 0.717) is 12.4 Å². The predicted octanol–water partition coefficient (Wildman–Crippen LogP) is 3.71. The molecule has 0 saturated heterocycles. The highest BCUT2D eigenvalue weighted by molar-refractivity contribution is 5.71. The third-order valence-electron chi connectivity index (χ3n) is 3.11. The molecule has 0 fully saturated rings. The molecule has 0 aliphatic rings. The summed E-state index contributed by atoms with van der Waals surface area (Å²) in [7, 11) is 0. The average Bonchev–Trinajstić information content (AvgIpc) is 2.59. The number of rotatable bonds is 7. The first-order valence-electron chi connectivity index (χ1n) is 7.39. The van der Waals surface area contributed by atoms with Gasteiger partial charge in [0.1, 0.15) is 5.75 Å². The maximum Gasteiger partial charge on any atom is 0.344 e. The van der Waals surface area contributed by atoms with Crippen LogP contribution in [0.1, 0.15) is 18.1 Å². The molecule has 0 heterocycles. The number of carbonyl (C=O) groups excluding carboxylic acids is 1. The van der Waals surface area contributed by atoms with Crippen molar-refractivity contribution in [2.24, 2.45) is 0 Å². The van der Waals surface area contributed by atoms with Gasteiger partial charge in [0.25, 0.3) is 5.69 Å². The number of esters is 1. The minimum atomic E-state index is -0.428. The maximum absolute atomic E-state index is 11.2. The number of ether oxygens (including phenoxy) is 2. The number of nitrogens with zero attached hydrogens (tertiary/aromatic N) is 1. The highest BCUT2D eigenvalue weighted by Gasteiger charge is 2.03. The molecule has 6 heteroatoms. The van der Waals surface area contributed by atoms with Crippen molar-refractivity contribution in [1.29, 1.82) is 0 Å². The highest BCUT2D eigenvalue weighted by Crippen LogP contribution is 2.16. The van der Waals surface area contributed by atoms with E-state index in [1.807, 2.05) is 24.3 Å². The minimum absolute atomic E-state index is 0.0650. The summed E-state index contributed by atoms with van der Waals surface area (Å²) in [5.74, 6) is 0.176. The lowest BCUT2D eigenvalue weighted by atomic mass is 10.1. The van der Waals surface area contributed by atoms with E-state index in [-0.39, 0.29) is 12.3 Å². The summed E-state index contributed by atoms with van der Waals surface area (Å²) in [5.41, 5.74) is 1.87. The maximum atomic E-state index is 11.2. The second-order valence-electron chi connectivity index (χ2n) is 4.84.